The number of nitrogens with one attached hydrogen (secondary N) is 1. The van der Waals surface area contributed by atoms with Crippen molar-refractivity contribution in [3.05, 3.63) is 78.1 Å². The van der Waals surface area contributed by atoms with Gasteiger partial charge in [0.1, 0.15) is 11.2 Å². The fourth-order valence-corrected chi connectivity index (χ4v) is 3.10. The van der Waals surface area contributed by atoms with Crippen LogP contribution in [0.25, 0.3) is 11.3 Å². The van der Waals surface area contributed by atoms with E-state index in [1.807, 2.05) is 60.7 Å². The molecule has 6 nitrogen and oxygen atoms in total. The summed E-state index contributed by atoms with van der Waals surface area (Å²) in [5.74, 6) is 0.135. The number of benzene rings is 2. The van der Waals surface area contributed by atoms with Gasteiger partial charge in [-0.15, -0.1) is 0 Å². The number of imide groups is 1. The summed E-state index contributed by atoms with van der Waals surface area (Å²) in [6.45, 7) is 1.74. The summed E-state index contributed by atoms with van der Waals surface area (Å²) in [6.07, 6.45) is 0. The lowest BCUT2D eigenvalue weighted by Crippen LogP contribution is -2.40. The molecule has 0 spiro atoms. The number of rotatable bonds is 4. The van der Waals surface area contributed by atoms with Gasteiger partial charge in [-0.05, 0) is 12.5 Å². The average Bonchev–Trinajstić information content (AvgIpc) is 3.23. The Morgan fingerprint density at radius 2 is 1.69 bits per heavy atom. The van der Waals surface area contributed by atoms with Gasteiger partial charge >= 0.3 is 6.03 Å². The summed E-state index contributed by atoms with van der Waals surface area (Å²) in [5.41, 5.74) is 1.23. The van der Waals surface area contributed by atoms with Crippen LogP contribution in [0.15, 0.2) is 71.3 Å². The van der Waals surface area contributed by atoms with E-state index in [1.165, 1.54) is 0 Å². The van der Waals surface area contributed by atoms with Gasteiger partial charge in [-0.2, -0.15) is 0 Å². The predicted octanol–water partition coefficient (Wildman–Crippen LogP) is 3.31. The second-order valence-electron chi connectivity index (χ2n) is 6.36. The molecule has 3 aromatic rings. The Bertz CT molecular complexity index is 953. The molecule has 4 rings (SSSR count). The molecule has 1 atom stereocenters. The Balaban J connectivity index is 1.57. The second kappa shape index (κ2) is 6.15. The van der Waals surface area contributed by atoms with E-state index in [1.54, 1.807) is 13.0 Å². The highest BCUT2D eigenvalue weighted by atomic mass is 16.5. The Morgan fingerprint density at radius 3 is 2.38 bits per heavy atom. The van der Waals surface area contributed by atoms with Crippen LogP contribution in [0.2, 0.25) is 0 Å². The zero-order chi connectivity index (χ0) is 18.1. The van der Waals surface area contributed by atoms with Crippen molar-refractivity contribution in [1.82, 2.24) is 15.4 Å². The molecule has 6 heteroatoms. The number of hydrogen-bond acceptors (Lipinski definition) is 4. The Morgan fingerprint density at radius 1 is 1.04 bits per heavy atom. The van der Waals surface area contributed by atoms with E-state index in [-0.39, 0.29) is 12.5 Å². The topological polar surface area (TPSA) is 75.4 Å². The molecule has 1 fully saturated rings. The highest BCUT2D eigenvalue weighted by molar-refractivity contribution is 6.07. The lowest BCUT2D eigenvalue weighted by atomic mass is 9.92. The number of urea groups is 1. The zero-order valence-electron chi connectivity index (χ0n) is 14.2. The molecular formula is C20H17N3O3. The number of amides is 3. The molecule has 0 bridgehead atoms. The van der Waals surface area contributed by atoms with Crippen LogP contribution in [0.3, 0.4) is 0 Å². The third-order valence-electron chi connectivity index (χ3n) is 4.57. The van der Waals surface area contributed by atoms with Gasteiger partial charge in [-0.3, -0.25) is 9.69 Å². The molecule has 0 unspecified atom stereocenters. The summed E-state index contributed by atoms with van der Waals surface area (Å²) in [5, 5.41) is 6.81. The van der Waals surface area contributed by atoms with Crippen LogP contribution in [-0.4, -0.2) is 22.0 Å². The van der Waals surface area contributed by atoms with E-state index in [0.717, 1.165) is 16.0 Å². The van der Waals surface area contributed by atoms with Crippen molar-refractivity contribution in [3.63, 3.8) is 0 Å². The van der Waals surface area contributed by atoms with Crippen molar-refractivity contribution in [2.45, 2.75) is 19.0 Å². The van der Waals surface area contributed by atoms with Crippen LogP contribution in [0.4, 0.5) is 4.79 Å². The molecule has 1 aromatic heterocycles. The van der Waals surface area contributed by atoms with Crippen LogP contribution in [-0.2, 0) is 16.9 Å². The molecule has 0 radical (unpaired) electrons. The molecule has 0 saturated carbocycles. The van der Waals surface area contributed by atoms with E-state index < -0.39 is 11.6 Å². The maximum absolute atomic E-state index is 12.9. The minimum Gasteiger partial charge on any atom is -0.359 e. The molecule has 0 aliphatic carbocycles. The van der Waals surface area contributed by atoms with Crippen LogP contribution in [0.1, 0.15) is 18.2 Å². The number of aromatic nitrogens is 1. The number of nitrogens with zero attached hydrogens (tertiary/aromatic N) is 2. The summed E-state index contributed by atoms with van der Waals surface area (Å²) in [7, 11) is 0. The second-order valence-corrected chi connectivity index (χ2v) is 6.36. The predicted molar refractivity (Wildman–Crippen MR) is 94.8 cm³/mol. The highest BCUT2D eigenvalue weighted by Crippen LogP contribution is 2.30. The molecule has 26 heavy (non-hydrogen) atoms. The van der Waals surface area contributed by atoms with Crippen molar-refractivity contribution in [2.24, 2.45) is 0 Å². The van der Waals surface area contributed by atoms with Gasteiger partial charge in [0.2, 0.25) is 0 Å². The summed E-state index contributed by atoms with van der Waals surface area (Å²) < 4.78 is 5.33. The van der Waals surface area contributed by atoms with E-state index >= 15 is 0 Å². The van der Waals surface area contributed by atoms with Crippen LogP contribution in [0.5, 0.6) is 0 Å². The van der Waals surface area contributed by atoms with Gasteiger partial charge in [-0.25, -0.2) is 4.79 Å². The van der Waals surface area contributed by atoms with Crippen molar-refractivity contribution in [1.29, 1.82) is 0 Å². The first-order valence-corrected chi connectivity index (χ1v) is 8.28. The largest absolute Gasteiger partial charge is 0.359 e. The first-order valence-electron chi connectivity index (χ1n) is 8.28. The Labute approximate surface area is 150 Å². The van der Waals surface area contributed by atoms with Crippen LogP contribution >= 0.6 is 0 Å². The summed E-state index contributed by atoms with van der Waals surface area (Å²) in [6, 6.07) is 20.1. The minimum absolute atomic E-state index is 0.0346. The van der Waals surface area contributed by atoms with Crippen molar-refractivity contribution < 1.29 is 14.1 Å². The molecule has 130 valence electrons. The third kappa shape index (κ3) is 2.65. The van der Waals surface area contributed by atoms with Gasteiger partial charge in [0.15, 0.2) is 5.76 Å². The fourth-order valence-electron chi connectivity index (χ4n) is 3.10. The van der Waals surface area contributed by atoms with Crippen LogP contribution in [0, 0.1) is 0 Å². The molecule has 3 amide bonds. The molecular weight excluding hydrogens is 330 g/mol. The minimum atomic E-state index is -1.08. The lowest BCUT2D eigenvalue weighted by molar-refractivity contribution is -0.131. The molecule has 1 N–H and O–H groups in total. The monoisotopic (exact) mass is 347 g/mol. The van der Waals surface area contributed by atoms with E-state index in [0.29, 0.717) is 11.5 Å². The summed E-state index contributed by atoms with van der Waals surface area (Å²) >= 11 is 0. The van der Waals surface area contributed by atoms with Gasteiger partial charge in [0.05, 0.1) is 6.54 Å². The van der Waals surface area contributed by atoms with E-state index in [2.05, 4.69) is 10.5 Å². The lowest BCUT2D eigenvalue weighted by Gasteiger charge is -2.21. The molecule has 2 aromatic carbocycles. The normalized spacial score (nSPS) is 19.7. The molecule has 1 saturated heterocycles. The third-order valence-corrected chi connectivity index (χ3v) is 4.57. The molecule has 2 heterocycles. The standard InChI is InChI=1S/C20H17N3O3/c1-20(15-10-6-3-7-11-15)18(24)23(19(25)21-20)13-16-12-17(22-26-16)14-8-4-2-5-9-14/h2-12H,13H2,1H3,(H,21,25)/t20-/m1/s1. The number of hydrogen-bond donors (Lipinski definition) is 1. The maximum Gasteiger partial charge on any atom is 0.325 e. The number of carbonyl (C=O) groups is 2. The Kier molecular flexibility index (Phi) is 3.80. The maximum atomic E-state index is 12.9. The van der Waals surface area contributed by atoms with Crippen molar-refractivity contribution >= 4 is 11.9 Å². The van der Waals surface area contributed by atoms with Crippen molar-refractivity contribution in [3.8, 4) is 11.3 Å². The molecule has 1 aliphatic rings. The highest BCUT2D eigenvalue weighted by Gasteiger charge is 2.49. The van der Waals surface area contributed by atoms with Crippen LogP contribution < -0.4 is 5.32 Å². The van der Waals surface area contributed by atoms with E-state index in [9.17, 15) is 9.59 Å². The van der Waals surface area contributed by atoms with E-state index in [4.69, 9.17) is 4.52 Å². The molecule has 1 aliphatic heterocycles. The summed E-state index contributed by atoms with van der Waals surface area (Å²) in [4.78, 5) is 26.4. The SMILES string of the molecule is C[C@]1(c2ccccc2)NC(=O)N(Cc2cc(-c3ccccc3)no2)C1=O. The average molecular weight is 347 g/mol. The zero-order valence-corrected chi connectivity index (χ0v) is 14.2. The smallest absolute Gasteiger partial charge is 0.325 e. The van der Waals surface area contributed by atoms with Gasteiger partial charge in [0.25, 0.3) is 5.91 Å². The van der Waals surface area contributed by atoms with Gasteiger partial charge < -0.3 is 9.84 Å². The van der Waals surface area contributed by atoms with Gasteiger partial charge in [-0.1, -0.05) is 65.8 Å². The number of carbonyl (C=O) groups excluding carboxylic acids is 2. The first-order chi connectivity index (χ1) is 12.6. The Hall–Kier alpha value is -3.41. The fraction of sp³-hybridized carbons (Fsp3) is 0.150. The first kappa shape index (κ1) is 16.1. The quantitative estimate of drug-likeness (QED) is 0.735. The van der Waals surface area contributed by atoms with Gasteiger partial charge in [0, 0.05) is 11.6 Å². The van der Waals surface area contributed by atoms with Crippen molar-refractivity contribution in [2.75, 3.05) is 0 Å².